The highest BCUT2D eigenvalue weighted by Crippen LogP contribution is 2.26. The van der Waals surface area contributed by atoms with Gasteiger partial charge < -0.3 is 10.5 Å². The minimum Gasteiger partial charge on any atom is -0.492 e. The quantitative estimate of drug-likeness (QED) is 0.823. The molecule has 0 radical (unpaired) electrons. The van der Waals surface area contributed by atoms with Gasteiger partial charge in [-0.15, -0.1) is 0 Å². The van der Waals surface area contributed by atoms with Crippen molar-refractivity contribution >= 4 is 0 Å². The van der Waals surface area contributed by atoms with Gasteiger partial charge in [-0.3, -0.25) is 4.98 Å². The summed E-state index contributed by atoms with van der Waals surface area (Å²) in [7, 11) is 0. The Bertz CT molecular complexity index is 333. The van der Waals surface area contributed by atoms with Gasteiger partial charge in [-0.2, -0.15) is 0 Å². The van der Waals surface area contributed by atoms with Crippen molar-refractivity contribution in [3.8, 4) is 5.75 Å². The van der Waals surface area contributed by atoms with E-state index < -0.39 is 0 Å². The molecule has 0 bridgehead atoms. The standard InChI is InChI=1S/C14H22N2O/c1-2-12(15)8-13-6-7-14(9-16-13)17-10-11-4-3-5-11/h6-7,9,11-12H,2-5,8,10,15H2,1H3. The largest absolute Gasteiger partial charge is 0.492 e. The van der Waals surface area contributed by atoms with Crippen LogP contribution in [0.3, 0.4) is 0 Å². The fourth-order valence-electron chi connectivity index (χ4n) is 1.90. The van der Waals surface area contributed by atoms with Crippen molar-refractivity contribution in [3.05, 3.63) is 24.0 Å². The topological polar surface area (TPSA) is 48.1 Å². The van der Waals surface area contributed by atoms with Gasteiger partial charge in [0.1, 0.15) is 5.75 Å². The summed E-state index contributed by atoms with van der Waals surface area (Å²) in [6.07, 6.45) is 7.64. The molecule has 2 N–H and O–H groups in total. The van der Waals surface area contributed by atoms with Crippen molar-refractivity contribution in [2.75, 3.05) is 6.61 Å². The molecule has 1 aliphatic rings. The van der Waals surface area contributed by atoms with Crippen LogP contribution in [0, 0.1) is 5.92 Å². The van der Waals surface area contributed by atoms with Gasteiger partial charge in [-0.25, -0.2) is 0 Å². The fourth-order valence-corrected chi connectivity index (χ4v) is 1.90. The third-order valence-electron chi connectivity index (χ3n) is 3.50. The van der Waals surface area contributed by atoms with Gasteiger partial charge in [0.25, 0.3) is 0 Å². The van der Waals surface area contributed by atoms with E-state index in [0.717, 1.165) is 36.8 Å². The summed E-state index contributed by atoms with van der Waals surface area (Å²) in [5, 5.41) is 0. The molecule has 0 saturated heterocycles. The van der Waals surface area contributed by atoms with E-state index in [-0.39, 0.29) is 6.04 Å². The summed E-state index contributed by atoms with van der Waals surface area (Å²) in [6, 6.07) is 4.24. The van der Waals surface area contributed by atoms with E-state index >= 15 is 0 Å². The predicted octanol–water partition coefficient (Wildman–Crippen LogP) is 2.54. The number of hydrogen-bond donors (Lipinski definition) is 1. The Balaban J connectivity index is 1.79. The summed E-state index contributed by atoms with van der Waals surface area (Å²) in [5.41, 5.74) is 6.95. The third kappa shape index (κ3) is 3.70. The minimum atomic E-state index is 0.212. The van der Waals surface area contributed by atoms with Crippen LogP contribution in [-0.2, 0) is 6.42 Å². The lowest BCUT2D eigenvalue weighted by molar-refractivity contribution is 0.180. The average molecular weight is 234 g/mol. The molecule has 1 fully saturated rings. The second kappa shape index (κ2) is 6.01. The smallest absolute Gasteiger partial charge is 0.137 e. The first-order valence-electron chi connectivity index (χ1n) is 6.61. The minimum absolute atomic E-state index is 0.212. The molecule has 0 amide bonds. The van der Waals surface area contributed by atoms with Crippen LogP contribution in [0.15, 0.2) is 18.3 Å². The molecular weight excluding hydrogens is 212 g/mol. The molecule has 1 unspecified atom stereocenters. The number of rotatable bonds is 6. The molecule has 94 valence electrons. The number of ether oxygens (including phenoxy) is 1. The highest BCUT2D eigenvalue weighted by atomic mass is 16.5. The SMILES string of the molecule is CCC(N)Cc1ccc(OCC2CCC2)cn1. The normalized spacial score (nSPS) is 17.5. The van der Waals surface area contributed by atoms with E-state index in [1.54, 1.807) is 0 Å². The van der Waals surface area contributed by atoms with Crippen LogP contribution in [0.5, 0.6) is 5.75 Å². The van der Waals surface area contributed by atoms with E-state index in [2.05, 4.69) is 11.9 Å². The molecule has 1 aromatic heterocycles. The Labute approximate surface area is 103 Å². The average Bonchev–Trinajstić information content (AvgIpc) is 2.29. The Hall–Kier alpha value is -1.09. The van der Waals surface area contributed by atoms with Crippen LogP contribution >= 0.6 is 0 Å². The number of nitrogens with two attached hydrogens (primary N) is 1. The van der Waals surface area contributed by atoms with Gasteiger partial charge in [0.05, 0.1) is 12.8 Å². The molecule has 0 spiro atoms. The molecule has 0 aromatic carbocycles. The second-order valence-corrected chi connectivity index (χ2v) is 4.97. The van der Waals surface area contributed by atoms with Crippen LogP contribution in [0.1, 0.15) is 38.3 Å². The van der Waals surface area contributed by atoms with Gasteiger partial charge in [-0.1, -0.05) is 13.3 Å². The highest BCUT2D eigenvalue weighted by molar-refractivity contribution is 5.20. The lowest BCUT2D eigenvalue weighted by atomic mass is 9.86. The van der Waals surface area contributed by atoms with Crippen LogP contribution in [0.2, 0.25) is 0 Å². The predicted molar refractivity (Wildman–Crippen MR) is 69.0 cm³/mol. The van der Waals surface area contributed by atoms with Gasteiger partial charge in [-0.05, 0) is 37.3 Å². The summed E-state index contributed by atoms with van der Waals surface area (Å²) >= 11 is 0. The summed E-state index contributed by atoms with van der Waals surface area (Å²) in [6.45, 7) is 2.94. The van der Waals surface area contributed by atoms with Crippen molar-refractivity contribution in [2.45, 2.75) is 45.1 Å². The zero-order valence-electron chi connectivity index (χ0n) is 10.6. The summed E-state index contributed by atoms with van der Waals surface area (Å²) in [5.74, 6) is 1.65. The first-order chi connectivity index (χ1) is 8.28. The Morgan fingerprint density at radius 2 is 2.29 bits per heavy atom. The van der Waals surface area contributed by atoms with Crippen molar-refractivity contribution in [1.82, 2.24) is 4.98 Å². The Morgan fingerprint density at radius 1 is 1.47 bits per heavy atom. The summed E-state index contributed by atoms with van der Waals surface area (Å²) in [4.78, 5) is 4.38. The number of nitrogens with zero attached hydrogens (tertiary/aromatic N) is 1. The Morgan fingerprint density at radius 3 is 2.82 bits per heavy atom. The molecule has 3 nitrogen and oxygen atoms in total. The van der Waals surface area contributed by atoms with Crippen molar-refractivity contribution in [1.29, 1.82) is 0 Å². The number of aromatic nitrogens is 1. The van der Waals surface area contributed by atoms with Crippen LogP contribution < -0.4 is 10.5 Å². The summed E-state index contributed by atoms with van der Waals surface area (Å²) < 4.78 is 5.70. The zero-order valence-corrected chi connectivity index (χ0v) is 10.6. The lowest BCUT2D eigenvalue weighted by Crippen LogP contribution is -2.22. The van der Waals surface area contributed by atoms with E-state index in [1.165, 1.54) is 19.3 Å². The number of pyridine rings is 1. The fraction of sp³-hybridized carbons (Fsp3) is 0.643. The lowest BCUT2D eigenvalue weighted by Gasteiger charge is -2.25. The van der Waals surface area contributed by atoms with Crippen LogP contribution in [0.4, 0.5) is 0 Å². The monoisotopic (exact) mass is 234 g/mol. The molecule has 1 saturated carbocycles. The third-order valence-corrected chi connectivity index (χ3v) is 3.50. The maximum atomic E-state index is 5.90. The van der Waals surface area contributed by atoms with Crippen LogP contribution in [0.25, 0.3) is 0 Å². The highest BCUT2D eigenvalue weighted by Gasteiger charge is 2.17. The molecule has 1 heterocycles. The van der Waals surface area contributed by atoms with E-state index in [1.807, 2.05) is 18.3 Å². The molecule has 17 heavy (non-hydrogen) atoms. The maximum absolute atomic E-state index is 5.90. The molecule has 0 aliphatic heterocycles. The van der Waals surface area contributed by atoms with Crippen molar-refractivity contribution in [2.24, 2.45) is 11.7 Å². The van der Waals surface area contributed by atoms with Gasteiger partial charge in [0, 0.05) is 18.2 Å². The molecule has 2 rings (SSSR count). The second-order valence-electron chi connectivity index (χ2n) is 4.97. The van der Waals surface area contributed by atoms with Gasteiger partial charge >= 0.3 is 0 Å². The molecule has 3 heteroatoms. The first-order valence-corrected chi connectivity index (χ1v) is 6.61. The Kier molecular flexibility index (Phi) is 4.37. The first kappa shape index (κ1) is 12.4. The molecule has 1 atom stereocenters. The van der Waals surface area contributed by atoms with E-state index in [4.69, 9.17) is 10.5 Å². The molecular formula is C14H22N2O. The van der Waals surface area contributed by atoms with Crippen LogP contribution in [-0.4, -0.2) is 17.6 Å². The van der Waals surface area contributed by atoms with Gasteiger partial charge in [0.2, 0.25) is 0 Å². The van der Waals surface area contributed by atoms with Crippen molar-refractivity contribution in [3.63, 3.8) is 0 Å². The number of hydrogen-bond acceptors (Lipinski definition) is 3. The maximum Gasteiger partial charge on any atom is 0.137 e. The van der Waals surface area contributed by atoms with Crippen molar-refractivity contribution < 1.29 is 4.74 Å². The van der Waals surface area contributed by atoms with E-state index in [0.29, 0.717) is 0 Å². The molecule has 1 aliphatic carbocycles. The molecule has 1 aromatic rings. The van der Waals surface area contributed by atoms with Gasteiger partial charge in [0.15, 0.2) is 0 Å². The zero-order chi connectivity index (χ0) is 12.1. The van der Waals surface area contributed by atoms with E-state index in [9.17, 15) is 0 Å².